The molecule has 0 aliphatic carbocycles. The molecule has 2 rings (SSSR count). The number of benzene rings is 2. The van der Waals surface area contributed by atoms with Crippen LogP contribution >= 0.6 is 0 Å². The Morgan fingerprint density at radius 3 is 2.42 bits per heavy atom. The first-order valence-electron chi connectivity index (χ1n) is 7.49. The number of sulfonamides is 1. The van der Waals surface area contributed by atoms with Crippen LogP contribution in [-0.4, -0.2) is 25.8 Å². The Morgan fingerprint density at radius 1 is 1.19 bits per heavy atom. The van der Waals surface area contributed by atoms with Crippen molar-refractivity contribution in [2.45, 2.75) is 18.2 Å². The minimum absolute atomic E-state index is 0.0902. The Labute approximate surface area is 149 Å². The number of carbonyl (C=O) groups excluding carboxylic acids is 1. The first kappa shape index (κ1) is 19.5. The van der Waals surface area contributed by atoms with Gasteiger partial charge in [0.15, 0.2) is 0 Å². The van der Waals surface area contributed by atoms with E-state index < -0.39 is 26.7 Å². The summed E-state index contributed by atoms with van der Waals surface area (Å²) in [7, 11) is -3.84. The first-order chi connectivity index (χ1) is 12.2. The van der Waals surface area contributed by atoms with Crippen molar-refractivity contribution in [2.24, 2.45) is 0 Å². The van der Waals surface area contributed by atoms with E-state index in [0.29, 0.717) is 11.3 Å². The van der Waals surface area contributed by atoms with Gasteiger partial charge in [-0.3, -0.25) is 14.9 Å². The van der Waals surface area contributed by atoms with E-state index in [1.165, 1.54) is 18.2 Å². The van der Waals surface area contributed by atoms with Crippen molar-refractivity contribution >= 4 is 27.3 Å². The van der Waals surface area contributed by atoms with Crippen LogP contribution in [0.4, 0.5) is 15.8 Å². The molecule has 2 N–H and O–H groups in total. The van der Waals surface area contributed by atoms with Crippen molar-refractivity contribution in [2.75, 3.05) is 11.9 Å². The molecule has 0 aliphatic heterocycles. The Balaban J connectivity index is 1.91. The van der Waals surface area contributed by atoms with Crippen molar-refractivity contribution in [3.8, 4) is 0 Å². The maximum Gasteiger partial charge on any atom is 0.269 e. The maximum atomic E-state index is 12.8. The van der Waals surface area contributed by atoms with Gasteiger partial charge >= 0.3 is 0 Å². The van der Waals surface area contributed by atoms with E-state index >= 15 is 0 Å². The van der Waals surface area contributed by atoms with Crippen LogP contribution in [0.3, 0.4) is 0 Å². The van der Waals surface area contributed by atoms with Gasteiger partial charge in [0.05, 0.1) is 9.82 Å². The summed E-state index contributed by atoms with van der Waals surface area (Å²) < 4.78 is 39.1. The molecule has 1 amide bonds. The summed E-state index contributed by atoms with van der Waals surface area (Å²) in [6.07, 6.45) is -0.142. The highest BCUT2D eigenvalue weighted by molar-refractivity contribution is 7.89. The number of aryl methyl sites for hydroxylation is 1. The predicted molar refractivity (Wildman–Crippen MR) is 92.7 cm³/mol. The van der Waals surface area contributed by atoms with E-state index in [1.54, 1.807) is 6.92 Å². The van der Waals surface area contributed by atoms with Crippen LogP contribution in [0.15, 0.2) is 47.4 Å². The second-order valence-electron chi connectivity index (χ2n) is 5.41. The standard InChI is InChI=1S/C16H16FN3O5S/c1-11-10-13(20(22)23)4-7-15(11)19-16(21)8-9-18-26(24,25)14-5-2-12(17)3-6-14/h2-7,10,18H,8-9H2,1H3,(H,19,21). The largest absolute Gasteiger partial charge is 0.326 e. The summed E-state index contributed by atoms with van der Waals surface area (Å²) in [6.45, 7) is 1.46. The third-order valence-electron chi connectivity index (χ3n) is 3.46. The maximum absolute atomic E-state index is 12.8. The minimum Gasteiger partial charge on any atom is -0.326 e. The first-order valence-corrected chi connectivity index (χ1v) is 8.97. The van der Waals surface area contributed by atoms with E-state index in [2.05, 4.69) is 10.0 Å². The highest BCUT2D eigenvalue weighted by Gasteiger charge is 2.15. The molecule has 0 fully saturated rings. The van der Waals surface area contributed by atoms with Crippen LogP contribution in [0.2, 0.25) is 0 Å². The highest BCUT2D eigenvalue weighted by atomic mass is 32.2. The van der Waals surface area contributed by atoms with Gasteiger partial charge in [-0.25, -0.2) is 17.5 Å². The Hall–Kier alpha value is -2.85. The lowest BCUT2D eigenvalue weighted by atomic mass is 10.1. The van der Waals surface area contributed by atoms with Gasteiger partial charge in [0.25, 0.3) is 5.69 Å². The number of hydrogen-bond donors (Lipinski definition) is 2. The lowest BCUT2D eigenvalue weighted by molar-refractivity contribution is -0.384. The molecular weight excluding hydrogens is 365 g/mol. The molecule has 0 heterocycles. The number of nitrogens with zero attached hydrogens (tertiary/aromatic N) is 1. The average Bonchev–Trinajstić information content (AvgIpc) is 2.56. The number of nitrogens with one attached hydrogen (secondary N) is 2. The van der Waals surface area contributed by atoms with Gasteiger partial charge in [0.1, 0.15) is 5.82 Å². The SMILES string of the molecule is Cc1cc([N+](=O)[O-])ccc1NC(=O)CCNS(=O)(=O)c1ccc(F)cc1. The van der Waals surface area contributed by atoms with E-state index in [9.17, 15) is 27.7 Å². The smallest absolute Gasteiger partial charge is 0.269 e. The molecule has 0 atom stereocenters. The van der Waals surface area contributed by atoms with E-state index in [-0.39, 0.29) is 23.5 Å². The number of halogens is 1. The molecule has 0 radical (unpaired) electrons. The van der Waals surface area contributed by atoms with Crippen LogP contribution in [0.25, 0.3) is 0 Å². The number of amides is 1. The van der Waals surface area contributed by atoms with Gasteiger partial charge < -0.3 is 5.32 Å². The van der Waals surface area contributed by atoms with Gasteiger partial charge in [0.2, 0.25) is 15.9 Å². The molecule has 0 unspecified atom stereocenters. The normalized spacial score (nSPS) is 11.2. The molecule has 0 spiro atoms. The molecule has 2 aromatic carbocycles. The predicted octanol–water partition coefficient (Wildman–Crippen LogP) is 2.35. The van der Waals surface area contributed by atoms with Crippen molar-refractivity contribution in [3.63, 3.8) is 0 Å². The molecule has 0 saturated heterocycles. The van der Waals surface area contributed by atoms with Crippen molar-refractivity contribution < 1.29 is 22.5 Å². The third-order valence-corrected chi connectivity index (χ3v) is 4.94. The zero-order valence-electron chi connectivity index (χ0n) is 13.7. The van der Waals surface area contributed by atoms with Crippen LogP contribution < -0.4 is 10.0 Å². The molecule has 8 nitrogen and oxygen atoms in total. The number of carbonyl (C=O) groups is 1. The van der Waals surface area contributed by atoms with E-state index in [1.807, 2.05) is 0 Å². The lowest BCUT2D eigenvalue weighted by Gasteiger charge is -2.09. The highest BCUT2D eigenvalue weighted by Crippen LogP contribution is 2.21. The summed E-state index contributed by atoms with van der Waals surface area (Å²) >= 11 is 0. The van der Waals surface area contributed by atoms with Crippen LogP contribution in [-0.2, 0) is 14.8 Å². The Bertz CT molecular complexity index is 929. The van der Waals surface area contributed by atoms with Gasteiger partial charge in [-0.15, -0.1) is 0 Å². The van der Waals surface area contributed by atoms with E-state index in [4.69, 9.17) is 0 Å². The number of nitro benzene ring substituents is 1. The number of rotatable bonds is 7. The topological polar surface area (TPSA) is 118 Å². The van der Waals surface area contributed by atoms with Crippen molar-refractivity contribution in [1.82, 2.24) is 4.72 Å². The fourth-order valence-corrected chi connectivity index (χ4v) is 3.14. The van der Waals surface area contributed by atoms with E-state index in [0.717, 1.165) is 24.3 Å². The number of anilines is 1. The van der Waals surface area contributed by atoms with Crippen LogP contribution in [0.1, 0.15) is 12.0 Å². The molecule has 2 aromatic rings. The summed E-state index contributed by atoms with van der Waals surface area (Å²) in [5, 5.41) is 13.3. The summed E-state index contributed by atoms with van der Waals surface area (Å²) in [4.78, 5) is 22.0. The van der Waals surface area contributed by atoms with Gasteiger partial charge in [-0.2, -0.15) is 0 Å². The lowest BCUT2D eigenvalue weighted by Crippen LogP contribution is -2.28. The summed E-state index contributed by atoms with van der Waals surface area (Å²) in [5.41, 5.74) is 0.828. The zero-order valence-corrected chi connectivity index (χ0v) is 14.5. The van der Waals surface area contributed by atoms with Crippen molar-refractivity contribution in [3.05, 3.63) is 64.0 Å². The molecule has 26 heavy (non-hydrogen) atoms. The molecule has 0 saturated carbocycles. The second kappa shape index (κ2) is 8.02. The molecule has 0 bridgehead atoms. The molecule has 0 aromatic heterocycles. The zero-order chi connectivity index (χ0) is 19.3. The fraction of sp³-hybridized carbons (Fsp3) is 0.188. The van der Waals surface area contributed by atoms with Crippen LogP contribution in [0.5, 0.6) is 0 Å². The average molecular weight is 381 g/mol. The van der Waals surface area contributed by atoms with Gasteiger partial charge in [0, 0.05) is 30.8 Å². The number of hydrogen-bond acceptors (Lipinski definition) is 5. The van der Waals surface area contributed by atoms with Crippen LogP contribution in [0, 0.1) is 22.9 Å². The Kier molecular flexibility index (Phi) is 6.01. The number of non-ortho nitro benzene ring substituents is 1. The van der Waals surface area contributed by atoms with Crippen molar-refractivity contribution in [1.29, 1.82) is 0 Å². The Morgan fingerprint density at radius 2 is 1.85 bits per heavy atom. The minimum atomic E-state index is -3.84. The summed E-state index contributed by atoms with van der Waals surface area (Å²) in [6, 6.07) is 8.30. The quantitative estimate of drug-likeness (QED) is 0.564. The van der Waals surface area contributed by atoms with Gasteiger partial charge in [-0.1, -0.05) is 0 Å². The molecular formula is C16H16FN3O5S. The van der Waals surface area contributed by atoms with Gasteiger partial charge in [-0.05, 0) is 42.8 Å². The molecule has 10 heteroatoms. The molecule has 138 valence electrons. The summed E-state index contributed by atoms with van der Waals surface area (Å²) in [5.74, 6) is -1.01. The second-order valence-corrected chi connectivity index (χ2v) is 7.17. The molecule has 0 aliphatic rings. The third kappa shape index (κ3) is 5.07. The monoisotopic (exact) mass is 381 g/mol. The number of nitro groups is 1. The fourth-order valence-electron chi connectivity index (χ4n) is 2.11.